The average molecular weight is 549 g/mol. The first-order valence-corrected chi connectivity index (χ1v) is 17.2. The molecule has 0 fully saturated rings. The highest BCUT2D eigenvalue weighted by Gasteiger charge is 2.30. The molecule has 0 saturated carbocycles. The molecule has 0 nitrogen and oxygen atoms in total. The summed E-state index contributed by atoms with van der Waals surface area (Å²) >= 11 is 0. The molecule has 0 amide bonds. The van der Waals surface area contributed by atoms with Crippen molar-refractivity contribution in [3.63, 3.8) is 0 Å². The second kappa shape index (κ2) is 17.0. The molecule has 0 aromatic heterocycles. The van der Waals surface area contributed by atoms with E-state index in [4.69, 9.17) is 0 Å². The summed E-state index contributed by atoms with van der Waals surface area (Å²) in [4.78, 5) is 0. The number of allylic oxidation sites excluding steroid dienone is 10. The Labute approximate surface area is 252 Å². The molecule has 5 unspecified atom stereocenters. The van der Waals surface area contributed by atoms with E-state index in [2.05, 4.69) is 112 Å². The minimum atomic E-state index is 0.358. The lowest BCUT2D eigenvalue weighted by Crippen LogP contribution is -2.26. The number of hydrogen-bond donors (Lipinski definition) is 0. The maximum atomic E-state index is 2.52. The molecule has 5 atom stereocenters. The van der Waals surface area contributed by atoms with Gasteiger partial charge < -0.3 is 0 Å². The zero-order valence-electron chi connectivity index (χ0n) is 28.6. The van der Waals surface area contributed by atoms with Crippen LogP contribution in [0.5, 0.6) is 0 Å². The summed E-state index contributed by atoms with van der Waals surface area (Å²) in [7, 11) is 0. The first kappa shape index (κ1) is 34.9. The highest BCUT2D eigenvalue weighted by molar-refractivity contribution is 5.32. The van der Waals surface area contributed by atoms with E-state index in [9.17, 15) is 0 Å². The summed E-state index contributed by atoms with van der Waals surface area (Å²) in [5.74, 6) is 3.52. The SMILES string of the molecule is CC1=CCCC(C)(C)C1/C=C/C(C)CCCC(C)/C=C/CCC(C)CCCC(C)/C=C/C1=C(C)CCCC1(C)C. The van der Waals surface area contributed by atoms with Gasteiger partial charge in [-0.1, -0.05) is 128 Å². The minimum absolute atomic E-state index is 0.358. The Balaban J connectivity index is 1.58. The molecular formula is C40H68. The molecular weight excluding hydrogens is 480 g/mol. The van der Waals surface area contributed by atoms with Crippen LogP contribution in [0.2, 0.25) is 0 Å². The predicted octanol–water partition coefficient (Wildman–Crippen LogP) is 13.2. The van der Waals surface area contributed by atoms with Crippen LogP contribution < -0.4 is 0 Å². The van der Waals surface area contributed by atoms with Crippen molar-refractivity contribution in [1.29, 1.82) is 0 Å². The van der Waals surface area contributed by atoms with E-state index in [0.717, 1.165) is 5.92 Å². The van der Waals surface area contributed by atoms with Crippen LogP contribution in [0.15, 0.2) is 59.3 Å². The van der Waals surface area contributed by atoms with Crippen LogP contribution in [-0.4, -0.2) is 0 Å². The topological polar surface area (TPSA) is 0 Å². The Morgan fingerprint density at radius 3 is 2.08 bits per heavy atom. The molecule has 0 heterocycles. The quantitative estimate of drug-likeness (QED) is 0.168. The van der Waals surface area contributed by atoms with Gasteiger partial charge in [0.15, 0.2) is 0 Å². The highest BCUT2D eigenvalue weighted by atomic mass is 14.4. The van der Waals surface area contributed by atoms with Gasteiger partial charge in [0.2, 0.25) is 0 Å². The summed E-state index contributed by atoms with van der Waals surface area (Å²) in [5.41, 5.74) is 5.56. The minimum Gasteiger partial charge on any atom is -0.0883 e. The van der Waals surface area contributed by atoms with Crippen LogP contribution in [0.3, 0.4) is 0 Å². The van der Waals surface area contributed by atoms with E-state index in [0.29, 0.717) is 34.5 Å². The molecule has 0 N–H and O–H groups in total. The van der Waals surface area contributed by atoms with Gasteiger partial charge in [0.25, 0.3) is 0 Å². The van der Waals surface area contributed by atoms with Gasteiger partial charge in [-0.3, -0.25) is 0 Å². The molecule has 2 aliphatic rings. The molecule has 0 bridgehead atoms. The third-order valence-electron chi connectivity index (χ3n) is 10.3. The van der Waals surface area contributed by atoms with Crippen LogP contribution in [0, 0.1) is 40.4 Å². The standard InChI is InChI=1S/C40H68/c1-31(19-13-21-33(3)25-27-37-35(5)23-15-29-39(37,7)8)17-11-12-18-32(2)20-14-22-34(4)26-28-38-36(6)24-16-30-40(38,9)10/h11,17,23,25-28,31-34,37H,12-16,18-22,24,29-30H2,1-10H3/b17-11+,27-25+,28-26+. The number of hydrogen-bond acceptors (Lipinski definition) is 0. The summed E-state index contributed by atoms with van der Waals surface area (Å²) in [6.45, 7) is 24.1. The van der Waals surface area contributed by atoms with Crippen LogP contribution in [0.25, 0.3) is 0 Å². The lowest BCUT2D eigenvalue weighted by Gasteiger charge is -2.37. The molecule has 0 aromatic rings. The van der Waals surface area contributed by atoms with E-state index in [1.807, 2.05) is 0 Å². The van der Waals surface area contributed by atoms with Crippen molar-refractivity contribution in [3.8, 4) is 0 Å². The van der Waals surface area contributed by atoms with Gasteiger partial charge in [0.1, 0.15) is 0 Å². The van der Waals surface area contributed by atoms with E-state index in [1.54, 1.807) is 16.7 Å². The first-order valence-electron chi connectivity index (χ1n) is 17.2. The van der Waals surface area contributed by atoms with E-state index in [1.165, 1.54) is 83.5 Å². The van der Waals surface area contributed by atoms with Crippen LogP contribution >= 0.6 is 0 Å². The zero-order chi connectivity index (χ0) is 29.8. The molecule has 0 heteroatoms. The fraction of sp³-hybridized carbons (Fsp3) is 0.750. The molecule has 0 aliphatic heterocycles. The van der Waals surface area contributed by atoms with Crippen LogP contribution in [-0.2, 0) is 0 Å². The maximum Gasteiger partial charge on any atom is 0.00254 e. The Morgan fingerprint density at radius 2 is 1.43 bits per heavy atom. The van der Waals surface area contributed by atoms with Crippen molar-refractivity contribution in [2.75, 3.05) is 0 Å². The van der Waals surface area contributed by atoms with Gasteiger partial charge in [-0.25, -0.2) is 0 Å². The Hall–Kier alpha value is -1.30. The fourth-order valence-electron chi connectivity index (χ4n) is 7.25. The molecule has 0 spiro atoms. The van der Waals surface area contributed by atoms with Gasteiger partial charge in [-0.2, -0.15) is 0 Å². The van der Waals surface area contributed by atoms with Crippen molar-refractivity contribution in [2.24, 2.45) is 40.4 Å². The summed E-state index contributed by atoms with van der Waals surface area (Å²) in [5, 5.41) is 0. The van der Waals surface area contributed by atoms with E-state index in [-0.39, 0.29) is 0 Å². The van der Waals surface area contributed by atoms with Crippen molar-refractivity contribution < 1.29 is 0 Å². The number of rotatable bonds is 16. The largest absolute Gasteiger partial charge is 0.0883 e. The first-order chi connectivity index (χ1) is 18.8. The van der Waals surface area contributed by atoms with E-state index >= 15 is 0 Å². The van der Waals surface area contributed by atoms with Gasteiger partial charge in [0.05, 0.1) is 0 Å². The van der Waals surface area contributed by atoms with Gasteiger partial charge in [-0.05, 0) is 118 Å². The van der Waals surface area contributed by atoms with Crippen molar-refractivity contribution >= 4 is 0 Å². The Bertz CT molecular complexity index is 885. The van der Waals surface area contributed by atoms with Gasteiger partial charge in [-0.15, -0.1) is 0 Å². The lowest BCUT2D eigenvalue weighted by atomic mass is 9.68. The van der Waals surface area contributed by atoms with Gasteiger partial charge in [0, 0.05) is 5.92 Å². The Morgan fingerprint density at radius 1 is 0.800 bits per heavy atom. The fourth-order valence-corrected chi connectivity index (χ4v) is 7.25. The second-order valence-corrected chi connectivity index (χ2v) is 15.5. The molecule has 2 rings (SSSR count). The molecule has 0 radical (unpaired) electrons. The molecule has 40 heavy (non-hydrogen) atoms. The summed E-state index contributed by atoms with van der Waals surface area (Å²) in [6.07, 6.45) is 34.5. The van der Waals surface area contributed by atoms with Crippen LogP contribution in [0.4, 0.5) is 0 Å². The lowest BCUT2D eigenvalue weighted by molar-refractivity contribution is 0.255. The van der Waals surface area contributed by atoms with Crippen molar-refractivity contribution in [1.82, 2.24) is 0 Å². The molecule has 228 valence electrons. The zero-order valence-corrected chi connectivity index (χ0v) is 28.6. The summed E-state index contributed by atoms with van der Waals surface area (Å²) in [6, 6.07) is 0. The van der Waals surface area contributed by atoms with Crippen LogP contribution in [0.1, 0.15) is 153 Å². The van der Waals surface area contributed by atoms with Crippen molar-refractivity contribution in [2.45, 2.75) is 153 Å². The van der Waals surface area contributed by atoms with Crippen molar-refractivity contribution in [3.05, 3.63) is 59.3 Å². The normalized spacial score (nSPS) is 24.6. The highest BCUT2D eigenvalue weighted by Crippen LogP contribution is 2.42. The average Bonchev–Trinajstić information content (AvgIpc) is 2.85. The predicted molar refractivity (Wildman–Crippen MR) is 182 cm³/mol. The third-order valence-corrected chi connectivity index (χ3v) is 10.3. The van der Waals surface area contributed by atoms with Gasteiger partial charge >= 0.3 is 0 Å². The maximum absolute atomic E-state index is 2.52. The Kier molecular flexibility index (Phi) is 14.8. The smallest absolute Gasteiger partial charge is 0.00254 e. The third kappa shape index (κ3) is 12.3. The van der Waals surface area contributed by atoms with E-state index < -0.39 is 0 Å². The second-order valence-electron chi connectivity index (χ2n) is 15.5. The summed E-state index contributed by atoms with van der Waals surface area (Å²) < 4.78 is 0. The monoisotopic (exact) mass is 549 g/mol. The molecule has 0 aromatic carbocycles. The molecule has 2 aliphatic carbocycles. The molecule has 0 saturated heterocycles.